The molecule has 0 unspecified atom stereocenters. The van der Waals surface area contributed by atoms with Crippen LogP contribution in [-0.2, 0) is 23.6 Å². The number of nitrogens with one attached hydrogen (secondary N) is 2. The van der Waals surface area contributed by atoms with Crippen LogP contribution in [0.3, 0.4) is 0 Å². The highest BCUT2D eigenvalue weighted by Gasteiger charge is 2.17. The van der Waals surface area contributed by atoms with Crippen LogP contribution < -0.4 is 10.0 Å². The molecular formula is C14H20N4O2S. The zero-order chi connectivity index (χ0) is 15.5. The summed E-state index contributed by atoms with van der Waals surface area (Å²) in [4.78, 5) is 4.33. The fourth-order valence-corrected chi connectivity index (χ4v) is 3.03. The molecule has 0 amide bonds. The Hall–Kier alpha value is -1.86. The van der Waals surface area contributed by atoms with E-state index in [0.29, 0.717) is 12.2 Å². The lowest BCUT2D eigenvalue weighted by molar-refractivity contribution is 0.601. The lowest BCUT2D eigenvalue weighted by Gasteiger charge is -2.05. The molecule has 2 N–H and O–H groups in total. The molecule has 0 radical (unpaired) electrons. The number of rotatable bonds is 6. The Morgan fingerprint density at radius 3 is 2.71 bits per heavy atom. The highest BCUT2D eigenvalue weighted by atomic mass is 32.2. The van der Waals surface area contributed by atoms with E-state index in [2.05, 4.69) is 15.0 Å². The quantitative estimate of drug-likeness (QED) is 0.850. The Balaban J connectivity index is 2.21. The first kappa shape index (κ1) is 15.5. The monoisotopic (exact) mass is 308 g/mol. The Morgan fingerprint density at radius 2 is 2.10 bits per heavy atom. The molecule has 0 aromatic carbocycles. The summed E-state index contributed by atoms with van der Waals surface area (Å²) in [5.41, 5.74) is 2.21. The molecule has 114 valence electrons. The highest BCUT2D eigenvalue weighted by molar-refractivity contribution is 7.92. The average molecular weight is 308 g/mol. The maximum Gasteiger partial charge on any atom is 0.263 e. The maximum atomic E-state index is 12.4. The van der Waals surface area contributed by atoms with E-state index in [9.17, 15) is 8.42 Å². The summed E-state index contributed by atoms with van der Waals surface area (Å²) < 4.78 is 29.1. The van der Waals surface area contributed by atoms with Crippen molar-refractivity contribution in [1.29, 1.82) is 0 Å². The maximum absolute atomic E-state index is 12.4. The first-order valence-electron chi connectivity index (χ1n) is 6.74. The van der Waals surface area contributed by atoms with Gasteiger partial charge in [-0.1, -0.05) is 6.92 Å². The van der Waals surface area contributed by atoms with Crippen LogP contribution in [-0.4, -0.2) is 24.5 Å². The molecular weight excluding hydrogens is 288 g/mol. The van der Waals surface area contributed by atoms with Crippen molar-refractivity contribution in [2.75, 3.05) is 11.3 Å². The molecule has 2 rings (SSSR count). The first-order chi connectivity index (χ1) is 9.92. The number of nitrogens with zero attached hydrogens (tertiary/aromatic N) is 2. The van der Waals surface area contributed by atoms with E-state index in [1.807, 2.05) is 25.5 Å². The molecule has 0 bridgehead atoms. The van der Waals surface area contributed by atoms with Gasteiger partial charge in [-0.05, 0) is 31.7 Å². The zero-order valence-corrected chi connectivity index (χ0v) is 13.2. The normalized spacial score (nSPS) is 11.6. The van der Waals surface area contributed by atoms with Gasteiger partial charge in [-0.15, -0.1) is 0 Å². The molecule has 21 heavy (non-hydrogen) atoms. The Bertz CT molecular complexity index is 705. The molecule has 0 atom stereocenters. The van der Waals surface area contributed by atoms with Gasteiger partial charge in [0, 0.05) is 31.2 Å². The van der Waals surface area contributed by atoms with Gasteiger partial charge in [-0.2, -0.15) is 0 Å². The van der Waals surface area contributed by atoms with E-state index in [-0.39, 0.29) is 4.90 Å². The third-order valence-corrected chi connectivity index (χ3v) is 4.46. The number of aromatic nitrogens is 2. The van der Waals surface area contributed by atoms with Crippen molar-refractivity contribution >= 4 is 15.7 Å². The van der Waals surface area contributed by atoms with Crippen molar-refractivity contribution in [3.8, 4) is 0 Å². The average Bonchev–Trinajstić information content (AvgIpc) is 2.81. The lowest BCUT2D eigenvalue weighted by atomic mass is 10.4. The molecule has 6 nitrogen and oxygen atoms in total. The van der Waals surface area contributed by atoms with Gasteiger partial charge < -0.3 is 9.88 Å². The molecule has 0 aliphatic carbocycles. The predicted octanol–water partition coefficient (Wildman–Crippen LogP) is 1.64. The van der Waals surface area contributed by atoms with Gasteiger partial charge in [-0.3, -0.25) is 9.71 Å². The van der Waals surface area contributed by atoms with Crippen LogP contribution in [0.25, 0.3) is 0 Å². The van der Waals surface area contributed by atoms with Crippen LogP contribution in [0, 0.1) is 6.92 Å². The van der Waals surface area contributed by atoms with Gasteiger partial charge in [0.25, 0.3) is 10.0 Å². The highest BCUT2D eigenvalue weighted by Crippen LogP contribution is 2.18. The SMILES string of the molecule is CCNCc1cc(S(=O)(=O)Nc2ccc(C)nc2)cn1C. The molecule has 0 saturated carbocycles. The summed E-state index contributed by atoms with van der Waals surface area (Å²) in [6.45, 7) is 5.32. The summed E-state index contributed by atoms with van der Waals surface area (Å²) >= 11 is 0. The fourth-order valence-electron chi connectivity index (χ4n) is 1.90. The van der Waals surface area contributed by atoms with Crippen molar-refractivity contribution < 1.29 is 8.42 Å². The number of pyridine rings is 1. The minimum absolute atomic E-state index is 0.249. The van der Waals surface area contributed by atoms with E-state index in [1.165, 1.54) is 6.20 Å². The smallest absolute Gasteiger partial charge is 0.263 e. The van der Waals surface area contributed by atoms with Gasteiger partial charge >= 0.3 is 0 Å². The predicted molar refractivity (Wildman–Crippen MR) is 82.6 cm³/mol. The van der Waals surface area contributed by atoms with Crippen LogP contribution in [0.2, 0.25) is 0 Å². The topological polar surface area (TPSA) is 76.0 Å². The largest absolute Gasteiger partial charge is 0.352 e. The fraction of sp³-hybridized carbons (Fsp3) is 0.357. The summed E-state index contributed by atoms with van der Waals surface area (Å²) in [7, 11) is -1.76. The summed E-state index contributed by atoms with van der Waals surface area (Å²) in [6, 6.07) is 5.13. The van der Waals surface area contributed by atoms with E-state index >= 15 is 0 Å². The Morgan fingerprint density at radius 1 is 1.33 bits per heavy atom. The van der Waals surface area contributed by atoms with Crippen LogP contribution in [0.1, 0.15) is 18.3 Å². The third-order valence-electron chi connectivity index (χ3n) is 3.11. The number of aryl methyl sites for hydroxylation is 2. The van der Waals surface area contributed by atoms with Crippen molar-refractivity contribution in [2.24, 2.45) is 7.05 Å². The molecule has 0 fully saturated rings. The summed E-state index contributed by atoms with van der Waals surface area (Å²) in [6.07, 6.45) is 3.12. The standard InChI is InChI=1S/C14H20N4O2S/c1-4-15-9-13-7-14(10-18(13)3)21(19,20)17-12-6-5-11(2)16-8-12/h5-8,10,15,17H,4,9H2,1-3H3. The Kier molecular flexibility index (Phi) is 4.64. The summed E-state index contributed by atoms with van der Waals surface area (Å²) in [5, 5.41) is 3.18. The second kappa shape index (κ2) is 6.28. The molecule has 0 aliphatic rings. The van der Waals surface area contributed by atoms with E-state index in [4.69, 9.17) is 0 Å². The number of anilines is 1. The minimum Gasteiger partial charge on any atom is -0.352 e. The van der Waals surface area contributed by atoms with Crippen molar-refractivity contribution in [3.05, 3.63) is 42.0 Å². The summed E-state index contributed by atoms with van der Waals surface area (Å²) in [5.74, 6) is 0. The van der Waals surface area contributed by atoms with Crippen LogP contribution in [0.15, 0.2) is 35.5 Å². The number of hydrogen-bond donors (Lipinski definition) is 2. The van der Waals surface area contributed by atoms with Gasteiger partial charge in [0.15, 0.2) is 0 Å². The second-order valence-electron chi connectivity index (χ2n) is 4.85. The number of hydrogen-bond acceptors (Lipinski definition) is 4. The minimum atomic E-state index is -3.59. The van der Waals surface area contributed by atoms with Gasteiger partial charge in [0.1, 0.15) is 4.90 Å². The zero-order valence-electron chi connectivity index (χ0n) is 12.4. The van der Waals surface area contributed by atoms with Gasteiger partial charge in [0.05, 0.1) is 11.9 Å². The Labute approximate surface area is 125 Å². The molecule has 2 aromatic rings. The molecule has 7 heteroatoms. The molecule has 0 saturated heterocycles. The second-order valence-corrected chi connectivity index (χ2v) is 6.53. The van der Waals surface area contributed by atoms with Crippen molar-refractivity contribution in [1.82, 2.24) is 14.9 Å². The van der Waals surface area contributed by atoms with Crippen LogP contribution >= 0.6 is 0 Å². The van der Waals surface area contributed by atoms with Crippen LogP contribution in [0.5, 0.6) is 0 Å². The van der Waals surface area contributed by atoms with E-state index in [0.717, 1.165) is 17.9 Å². The van der Waals surface area contributed by atoms with Crippen molar-refractivity contribution in [3.63, 3.8) is 0 Å². The first-order valence-corrected chi connectivity index (χ1v) is 8.22. The van der Waals surface area contributed by atoms with Crippen LogP contribution in [0.4, 0.5) is 5.69 Å². The molecule has 2 aromatic heterocycles. The van der Waals surface area contributed by atoms with Crippen molar-refractivity contribution in [2.45, 2.75) is 25.3 Å². The number of sulfonamides is 1. The third kappa shape index (κ3) is 3.83. The molecule has 0 spiro atoms. The molecule has 2 heterocycles. The van der Waals surface area contributed by atoms with Gasteiger partial charge in [0.2, 0.25) is 0 Å². The van der Waals surface area contributed by atoms with E-state index < -0.39 is 10.0 Å². The van der Waals surface area contributed by atoms with Gasteiger partial charge in [-0.25, -0.2) is 8.42 Å². The lowest BCUT2D eigenvalue weighted by Crippen LogP contribution is -2.14. The van der Waals surface area contributed by atoms with E-state index in [1.54, 1.807) is 24.4 Å². The molecule has 0 aliphatic heterocycles.